The molecular weight excluding hydrogens is 234 g/mol. The van der Waals surface area contributed by atoms with Crippen LogP contribution in [0.5, 0.6) is 0 Å². The van der Waals surface area contributed by atoms with Crippen LogP contribution in [0.4, 0.5) is 0 Å². The summed E-state index contributed by atoms with van der Waals surface area (Å²) in [5.74, 6) is -0.707. The van der Waals surface area contributed by atoms with Gasteiger partial charge in [0.1, 0.15) is 5.69 Å². The van der Waals surface area contributed by atoms with Crippen LogP contribution in [0.1, 0.15) is 46.0 Å². The lowest BCUT2D eigenvalue weighted by atomic mass is 10.1. The molecule has 0 saturated heterocycles. The van der Waals surface area contributed by atoms with Crippen molar-refractivity contribution < 1.29 is 19.1 Å². The molecular formula is C13H17NO4. The number of rotatable bonds is 4. The van der Waals surface area contributed by atoms with Crippen molar-refractivity contribution in [2.24, 2.45) is 0 Å². The molecule has 1 aromatic rings. The Hall–Kier alpha value is -2.04. The van der Waals surface area contributed by atoms with Crippen molar-refractivity contribution in [2.75, 3.05) is 6.61 Å². The molecule has 0 amide bonds. The number of hydrogen-bond acceptors (Lipinski definition) is 4. The molecule has 0 aliphatic rings. The summed E-state index contributed by atoms with van der Waals surface area (Å²) >= 11 is 0. The van der Waals surface area contributed by atoms with Gasteiger partial charge in [0.15, 0.2) is 0 Å². The lowest BCUT2D eigenvalue weighted by Crippen LogP contribution is -2.08. The van der Waals surface area contributed by atoms with E-state index in [1.54, 1.807) is 27.7 Å². The molecule has 5 nitrogen and oxygen atoms in total. The zero-order valence-electron chi connectivity index (χ0n) is 11.0. The lowest BCUT2D eigenvalue weighted by molar-refractivity contribution is 0.0525. The summed E-state index contributed by atoms with van der Waals surface area (Å²) in [5, 5.41) is 0. The maximum Gasteiger partial charge on any atom is 0.360 e. The third kappa shape index (κ3) is 2.80. The van der Waals surface area contributed by atoms with Gasteiger partial charge in [-0.1, -0.05) is 6.58 Å². The molecule has 0 fully saturated rings. The monoisotopic (exact) mass is 251 g/mol. The Bertz CT molecular complexity index is 499. The van der Waals surface area contributed by atoms with Crippen LogP contribution in [0.2, 0.25) is 0 Å². The van der Waals surface area contributed by atoms with Crippen LogP contribution in [0, 0.1) is 13.8 Å². The molecule has 1 rings (SSSR count). The maximum atomic E-state index is 11.8. The Morgan fingerprint density at radius 2 is 1.89 bits per heavy atom. The first-order valence-corrected chi connectivity index (χ1v) is 5.62. The van der Waals surface area contributed by atoms with Crippen molar-refractivity contribution in [1.82, 2.24) is 4.98 Å². The third-order valence-corrected chi connectivity index (χ3v) is 2.39. The summed E-state index contributed by atoms with van der Waals surface area (Å²) in [6, 6.07) is 0. The minimum Gasteiger partial charge on any atom is -0.462 e. The summed E-state index contributed by atoms with van der Waals surface area (Å²) in [6.45, 7) is 10.5. The molecule has 0 bridgehead atoms. The summed E-state index contributed by atoms with van der Waals surface area (Å²) < 4.78 is 9.84. The molecule has 0 aliphatic carbocycles. The number of aromatic nitrogens is 1. The average molecular weight is 251 g/mol. The first-order chi connectivity index (χ1) is 8.38. The van der Waals surface area contributed by atoms with E-state index in [1.807, 2.05) is 0 Å². The van der Waals surface area contributed by atoms with Gasteiger partial charge in [-0.25, -0.2) is 9.59 Å². The van der Waals surface area contributed by atoms with Crippen LogP contribution >= 0.6 is 0 Å². The van der Waals surface area contributed by atoms with E-state index in [4.69, 9.17) is 9.47 Å². The van der Waals surface area contributed by atoms with Gasteiger partial charge >= 0.3 is 11.9 Å². The molecule has 0 saturated carbocycles. The number of allylic oxidation sites excluding steroid dienone is 1. The van der Waals surface area contributed by atoms with Crippen LogP contribution < -0.4 is 0 Å². The fourth-order valence-corrected chi connectivity index (χ4v) is 1.67. The Balaban J connectivity index is 3.11. The van der Waals surface area contributed by atoms with Gasteiger partial charge in [0.05, 0.1) is 17.9 Å². The van der Waals surface area contributed by atoms with Crippen LogP contribution in [0.3, 0.4) is 0 Å². The van der Waals surface area contributed by atoms with Gasteiger partial charge in [-0.2, -0.15) is 0 Å². The van der Waals surface area contributed by atoms with Gasteiger partial charge in [-0.3, -0.25) is 0 Å². The average Bonchev–Trinajstić information content (AvgIpc) is 2.53. The predicted molar refractivity (Wildman–Crippen MR) is 66.5 cm³/mol. The molecule has 0 radical (unpaired) electrons. The Kier molecular flexibility index (Phi) is 4.31. The highest BCUT2D eigenvalue weighted by molar-refractivity contribution is 5.98. The minimum absolute atomic E-state index is 0.249. The van der Waals surface area contributed by atoms with Crippen molar-refractivity contribution in [2.45, 2.75) is 27.7 Å². The van der Waals surface area contributed by atoms with E-state index in [0.29, 0.717) is 22.6 Å². The quantitative estimate of drug-likeness (QED) is 0.659. The molecule has 5 heteroatoms. The number of hydrogen-bond donors (Lipinski definition) is 1. The number of carbonyl (C=O) groups is 2. The predicted octanol–water partition coefficient (Wildman–Crippen LogP) is 2.50. The number of carbonyl (C=O) groups excluding carboxylic acids is 2. The second-order valence-electron chi connectivity index (χ2n) is 3.94. The molecule has 98 valence electrons. The molecule has 0 atom stereocenters. The molecule has 18 heavy (non-hydrogen) atoms. The van der Waals surface area contributed by atoms with Crippen molar-refractivity contribution in [1.29, 1.82) is 0 Å². The highest BCUT2D eigenvalue weighted by Crippen LogP contribution is 2.20. The van der Waals surface area contributed by atoms with E-state index in [2.05, 4.69) is 11.6 Å². The Labute approximate surface area is 106 Å². The molecule has 1 heterocycles. The number of aromatic amines is 1. The number of esters is 2. The van der Waals surface area contributed by atoms with Gasteiger partial charge in [0.2, 0.25) is 0 Å². The first kappa shape index (κ1) is 14.0. The van der Waals surface area contributed by atoms with E-state index < -0.39 is 11.9 Å². The van der Waals surface area contributed by atoms with Crippen molar-refractivity contribution in [3.63, 3.8) is 0 Å². The van der Waals surface area contributed by atoms with Crippen molar-refractivity contribution in [3.05, 3.63) is 34.9 Å². The zero-order valence-corrected chi connectivity index (χ0v) is 11.0. The molecule has 1 aromatic heterocycles. The summed E-state index contributed by atoms with van der Waals surface area (Å²) in [5.41, 5.74) is 1.74. The zero-order chi connectivity index (χ0) is 13.9. The Morgan fingerprint density at radius 3 is 2.39 bits per heavy atom. The van der Waals surface area contributed by atoms with Gasteiger partial charge in [0.25, 0.3) is 0 Å². The largest absolute Gasteiger partial charge is 0.462 e. The highest BCUT2D eigenvalue weighted by Gasteiger charge is 2.23. The normalized spacial score (nSPS) is 10.0. The minimum atomic E-state index is -0.557. The van der Waals surface area contributed by atoms with E-state index in [1.165, 1.54) is 0 Å². The van der Waals surface area contributed by atoms with Crippen LogP contribution in [0.25, 0.3) is 0 Å². The highest BCUT2D eigenvalue weighted by atomic mass is 16.5. The van der Waals surface area contributed by atoms with Gasteiger partial charge in [-0.15, -0.1) is 0 Å². The van der Waals surface area contributed by atoms with Crippen molar-refractivity contribution in [3.8, 4) is 0 Å². The topological polar surface area (TPSA) is 68.4 Å². The van der Waals surface area contributed by atoms with Crippen LogP contribution in [0.15, 0.2) is 12.3 Å². The number of aryl methyl sites for hydroxylation is 1. The van der Waals surface area contributed by atoms with Gasteiger partial charge in [0, 0.05) is 5.69 Å². The molecule has 0 aromatic carbocycles. The smallest absolute Gasteiger partial charge is 0.360 e. The fraction of sp³-hybridized carbons (Fsp3) is 0.385. The number of ether oxygens (including phenoxy) is 2. The number of H-pyrrole nitrogens is 1. The molecule has 0 aliphatic heterocycles. The standard InChI is InChI=1S/C13H17NO4/c1-6-17-12(15)10-8(4)11(14-9(10)5)13(16)18-7(2)3/h14H,2,6H2,1,3-5H3. The summed E-state index contributed by atoms with van der Waals surface area (Å²) in [7, 11) is 0. The van der Waals surface area contributed by atoms with Gasteiger partial charge in [-0.05, 0) is 33.3 Å². The van der Waals surface area contributed by atoms with Gasteiger partial charge < -0.3 is 14.5 Å². The third-order valence-electron chi connectivity index (χ3n) is 2.39. The van der Waals surface area contributed by atoms with Crippen LogP contribution in [-0.4, -0.2) is 23.5 Å². The maximum absolute atomic E-state index is 11.8. The second-order valence-corrected chi connectivity index (χ2v) is 3.94. The molecule has 0 unspecified atom stereocenters. The second kappa shape index (κ2) is 5.53. The van der Waals surface area contributed by atoms with Crippen molar-refractivity contribution >= 4 is 11.9 Å². The van der Waals surface area contributed by atoms with E-state index >= 15 is 0 Å². The lowest BCUT2D eigenvalue weighted by Gasteiger charge is -2.03. The first-order valence-electron chi connectivity index (χ1n) is 5.62. The van der Waals surface area contributed by atoms with E-state index in [0.717, 1.165) is 0 Å². The number of nitrogens with one attached hydrogen (secondary N) is 1. The van der Waals surface area contributed by atoms with Crippen LogP contribution in [-0.2, 0) is 9.47 Å². The van der Waals surface area contributed by atoms with E-state index in [-0.39, 0.29) is 12.3 Å². The summed E-state index contributed by atoms with van der Waals surface area (Å²) in [6.07, 6.45) is 0. The summed E-state index contributed by atoms with van der Waals surface area (Å²) in [4.78, 5) is 26.3. The Morgan fingerprint density at radius 1 is 1.28 bits per heavy atom. The van der Waals surface area contributed by atoms with E-state index in [9.17, 15) is 9.59 Å². The molecule has 0 spiro atoms. The molecule has 1 N–H and O–H groups in total. The fourth-order valence-electron chi connectivity index (χ4n) is 1.67. The SMILES string of the molecule is C=C(C)OC(=O)c1[nH]c(C)c(C(=O)OCC)c1C.